The molecule has 0 aliphatic heterocycles. The summed E-state index contributed by atoms with van der Waals surface area (Å²) in [5.41, 5.74) is 4.99. The van der Waals surface area contributed by atoms with Gasteiger partial charge in [-0.05, 0) is 44.0 Å². The number of carbonyl (C=O) groups is 1. The second-order valence-corrected chi connectivity index (χ2v) is 4.93. The molecule has 0 aliphatic rings. The molecule has 0 saturated heterocycles. The average Bonchev–Trinajstić information content (AvgIpc) is 2.71. The van der Waals surface area contributed by atoms with Crippen molar-refractivity contribution in [3.63, 3.8) is 0 Å². The van der Waals surface area contributed by atoms with Gasteiger partial charge in [0.2, 0.25) is 0 Å². The minimum absolute atomic E-state index is 0.281. The van der Waals surface area contributed by atoms with Crippen molar-refractivity contribution in [1.82, 2.24) is 4.57 Å². The Kier molecular flexibility index (Phi) is 3.74. The van der Waals surface area contributed by atoms with Crippen molar-refractivity contribution < 1.29 is 9.53 Å². The van der Waals surface area contributed by atoms with E-state index in [4.69, 9.17) is 4.74 Å². The molecule has 3 nitrogen and oxygen atoms in total. The zero-order chi connectivity index (χ0) is 14.0. The quantitative estimate of drug-likeness (QED) is 0.790. The molecule has 0 N–H and O–H groups in total. The van der Waals surface area contributed by atoms with Gasteiger partial charge >= 0.3 is 5.97 Å². The van der Waals surface area contributed by atoms with Gasteiger partial charge in [-0.3, -0.25) is 0 Å². The van der Waals surface area contributed by atoms with Gasteiger partial charge in [0.05, 0.1) is 0 Å². The number of benzene rings is 1. The van der Waals surface area contributed by atoms with E-state index in [-0.39, 0.29) is 5.97 Å². The molecule has 0 atom stereocenters. The van der Waals surface area contributed by atoms with Crippen LogP contribution in [0.4, 0.5) is 0 Å². The van der Waals surface area contributed by atoms with Crippen LogP contribution in [0.25, 0.3) is 0 Å². The first-order valence-electron chi connectivity index (χ1n) is 6.34. The third-order valence-electron chi connectivity index (χ3n) is 3.45. The zero-order valence-electron chi connectivity index (χ0n) is 11.9. The lowest BCUT2D eigenvalue weighted by Crippen LogP contribution is -2.11. The predicted molar refractivity (Wildman–Crippen MR) is 75.2 cm³/mol. The summed E-state index contributed by atoms with van der Waals surface area (Å²) in [4.78, 5) is 12.0. The van der Waals surface area contributed by atoms with Gasteiger partial charge in [0.1, 0.15) is 12.3 Å². The molecule has 1 aromatic carbocycles. The normalized spacial score (nSPS) is 10.5. The lowest BCUT2D eigenvalue weighted by molar-refractivity contribution is 0.0460. The molecule has 2 rings (SSSR count). The van der Waals surface area contributed by atoms with Crippen LogP contribution < -0.4 is 0 Å². The van der Waals surface area contributed by atoms with Gasteiger partial charge in [0, 0.05) is 12.7 Å². The summed E-state index contributed by atoms with van der Waals surface area (Å²) in [6, 6.07) is 9.86. The lowest BCUT2D eigenvalue weighted by Gasteiger charge is -2.09. The van der Waals surface area contributed by atoms with Crippen LogP contribution in [0.5, 0.6) is 0 Å². The van der Waals surface area contributed by atoms with Crippen molar-refractivity contribution >= 4 is 5.97 Å². The van der Waals surface area contributed by atoms with Gasteiger partial charge in [0.25, 0.3) is 0 Å². The summed E-state index contributed by atoms with van der Waals surface area (Å²) in [5, 5.41) is 0. The van der Waals surface area contributed by atoms with Crippen molar-refractivity contribution in [2.24, 2.45) is 7.05 Å². The third kappa shape index (κ3) is 2.87. The van der Waals surface area contributed by atoms with Crippen LogP contribution in [0.3, 0.4) is 0 Å². The van der Waals surface area contributed by atoms with Gasteiger partial charge in [-0.25, -0.2) is 4.79 Å². The van der Waals surface area contributed by atoms with E-state index in [0.29, 0.717) is 12.3 Å². The van der Waals surface area contributed by atoms with Gasteiger partial charge in [-0.2, -0.15) is 0 Å². The van der Waals surface area contributed by atoms with Gasteiger partial charge in [-0.1, -0.05) is 23.8 Å². The van der Waals surface area contributed by atoms with Crippen molar-refractivity contribution in [3.05, 3.63) is 58.4 Å². The summed E-state index contributed by atoms with van der Waals surface area (Å²) in [6.45, 7) is 6.33. The minimum Gasteiger partial charge on any atom is -0.456 e. The van der Waals surface area contributed by atoms with Crippen LogP contribution in [-0.2, 0) is 18.4 Å². The van der Waals surface area contributed by atoms with Crippen molar-refractivity contribution in [1.29, 1.82) is 0 Å². The molecule has 0 radical (unpaired) electrons. The van der Waals surface area contributed by atoms with E-state index >= 15 is 0 Å². The van der Waals surface area contributed by atoms with Crippen LogP contribution in [0, 0.1) is 20.8 Å². The molecular weight excluding hydrogens is 238 g/mol. The van der Waals surface area contributed by atoms with Crippen molar-refractivity contribution in [3.8, 4) is 0 Å². The smallest absolute Gasteiger partial charge is 0.355 e. The molecule has 0 amide bonds. The highest BCUT2D eigenvalue weighted by Crippen LogP contribution is 2.14. The van der Waals surface area contributed by atoms with E-state index in [1.165, 1.54) is 5.56 Å². The number of aromatic nitrogens is 1. The van der Waals surface area contributed by atoms with Crippen molar-refractivity contribution in [2.45, 2.75) is 27.4 Å². The van der Waals surface area contributed by atoms with E-state index in [9.17, 15) is 4.79 Å². The number of hydrogen-bond acceptors (Lipinski definition) is 2. The Labute approximate surface area is 113 Å². The molecule has 0 bridgehead atoms. The van der Waals surface area contributed by atoms with E-state index in [1.807, 2.05) is 44.5 Å². The maximum absolute atomic E-state index is 12.0. The fraction of sp³-hybridized carbons (Fsp3) is 0.312. The molecule has 19 heavy (non-hydrogen) atoms. The Morgan fingerprint density at radius 1 is 1.16 bits per heavy atom. The summed E-state index contributed by atoms with van der Waals surface area (Å²) in [7, 11) is 1.86. The number of hydrogen-bond donors (Lipinski definition) is 0. The van der Waals surface area contributed by atoms with Gasteiger partial charge in [0.15, 0.2) is 0 Å². The van der Waals surface area contributed by atoms with Crippen LogP contribution in [0.2, 0.25) is 0 Å². The summed E-state index contributed by atoms with van der Waals surface area (Å²) in [6.07, 6.45) is 0. The molecule has 1 heterocycles. The first-order valence-corrected chi connectivity index (χ1v) is 6.34. The molecule has 0 unspecified atom stereocenters. The Bertz CT molecular complexity index is 611. The Hall–Kier alpha value is -2.03. The van der Waals surface area contributed by atoms with Gasteiger partial charge < -0.3 is 9.30 Å². The summed E-state index contributed by atoms with van der Waals surface area (Å²) in [5.74, 6) is -0.281. The molecule has 2 aromatic rings. The average molecular weight is 257 g/mol. The SMILES string of the molecule is Cc1ccc(C)c(COC(=O)c2ccc(C)n2C)c1. The molecule has 0 fully saturated rings. The van der Waals surface area contributed by atoms with E-state index in [2.05, 4.69) is 12.1 Å². The molecule has 100 valence electrons. The maximum Gasteiger partial charge on any atom is 0.355 e. The number of esters is 1. The lowest BCUT2D eigenvalue weighted by atomic mass is 10.1. The highest BCUT2D eigenvalue weighted by Gasteiger charge is 2.12. The first-order chi connectivity index (χ1) is 8.99. The second kappa shape index (κ2) is 5.31. The number of nitrogens with zero attached hydrogens (tertiary/aromatic N) is 1. The minimum atomic E-state index is -0.281. The maximum atomic E-state index is 12.0. The fourth-order valence-corrected chi connectivity index (χ4v) is 1.99. The molecular formula is C16H19NO2. The molecule has 0 spiro atoms. The number of ether oxygens (including phenoxy) is 1. The predicted octanol–water partition coefficient (Wildman–Crippen LogP) is 3.31. The van der Waals surface area contributed by atoms with E-state index < -0.39 is 0 Å². The van der Waals surface area contributed by atoms with E-state index in [0.717, 1.165) is 16.8 Å². The number of carbonyl (C=O) groups excluding carboxylic acids is 1. The Morgan fingerprint density at radius 3 is 2.53 bits per heavy atom. The Balaban J connectivity index is 2.08. The highest BCUT2D eigenvalue weighted by molar-refractivity contribution is 5.87. The van der Waals surface area contributed by atoms with Crippen LogP contribution in [0.15, 0.2) is 30.3 Å². The van der Waals surface area contributed by atoms with Crippen LogP contribution in [0.1, 0.15) is 32.9 Å². The largest absolute Gasteiger partial charge is 0.456 e. The second-order valence-electron chi connectivity index (χ2n) is 4.93. The third-order valence-corrected chi connectivity index (χ3v) is 3.45. The molecule has 0 aliphatic carbocycles. The highest BCUT2D eigenvalue weighted by atomic mass is 16.5. The van der Waals surface area contributed by atoms with Gasteiger partial charge in [-0.15, -0.1) is 0 Å². The summed E-state index contributed by atoms with van der Waals surface area (Å²) < 4.78 is 7.22. The first kappa shape index (κ1) is 13.4. The number of aryl methyl sites for hydroxylation is 3. The van der Waals surface area contributed by atoms with Crippen LogP contribution in [-0.4, -0.2) is 10.5 Å². The fourth-order valence-electron chi connectivity index (χ4n) is 1.99. The van der Waals surface area contributed by atoms with E-state index in [1.54, 1.807) is 6.07 Å². The Morgan fingerprint density at radius 2 is 1.89 bits per heavy atom. The number of rotatable bonds is 3. The summed E-state index contributed by atoms with van der Waals surface area (Å²) >= 11 is 0. The van der Waals surface area contributed by atoms with Crippen LogP contribution >= 0.6 is 0 Å². The monoisotopic (exact) mass is 257 g/mol. The molecule has 0 saturated carbocycles. The van der Waals surface area contributed by atoms with Crippen molar-refractivity contribution in [2.75, 3.05) is 0 Å². The topological polar surface area (TPSA) is 31.2 Å². The molecule has 3 heteroatoms. The standard InChI is InChI=1S/C16H19NO2/c1-11-5-6-12(2)14(9-11)10-19-16(18)15-8-7-13(3)17(15)4/h5-9H,10H2,1-4H3. The molecule has 1 aromatic heterocycles. The zero-order valence-corrected chi connectivity index (χ0v) is 11.9.